The zero-order valence-electron chi connectivity index (χ0n) is 7.52. The molecule has 14 heavy (non-hydrogen) atoms. The summed E-state index contributed by atoms with van der Waals surface area (Å²) in [5.41, 5.74) is 6.06. The van der Waals surface area contributed by atoms with Crippen molar-refractivity contribution in [3.63, 3.8) is 0 Å². The number of nitrogen functional groups attached to an aromatic ring is 1. The van der Waals surface area contributed by atoms with Crippen LogP contribution < -0.4 is 10.5 Å². The monoisotopic (exact) mass is 195 g/mol. The number of carbonyl (C=O) groups is 2. The first kappa shape index (κ1) is 10.0. The Balaban J connectivity index is 2.89. The zero-order valence-corrected chi connectivity index (χ0v) is 7.52. The Labute approximate surface area is 80.4 Å². The molecule has 0 saturated heterocycles. The maximum Gasteiger partial charge on any atom is 0.513 e. The lowest BCUT2D eigenvalue weighted by molar-refractivity contribution is 0.111. The molecule has 74 valence electrons. The standard InChI is InChI=1S/C9H9NO4/c1-13-9(12)14-7-2-3-8(10)6(4-7)5-11/h2-5H,10H2,1H3. The van der Waals surface area contributed by atoms with E-state index in [1.54, 1.807) is 0 Å². The number of hydrogen-bond acceptors (Lipinski definition) is 5. The Hall–Kier alpha value is -2.04. The summed E-state index contributed by atoms with van der Waals surface area (Å²) >= 11 is 0. The SMILES string of the molecule is COC(=O)Oc1ccc(N)c(C=O)c1. The van der Waals surface area contributed by atoms with Crippen LogP contribution in [0.4, 0.5) is 10.5 Å². The molecule has 0 heterocycles. The third-order valence-electron chi connectivity index (χ3n) is 1.55. The van der Waals surface area contributed by atoms with Crippen LogP contribution >= 0.6 is 0 Å². The Bertz CT molecular complexity index is 362. The fourth-order valence-corrected chi connectivity index (χ4v) is 0.856. The van der Waals surface area contributed by atoms with Gasteiger partial charge in [-0.2, -0.15) is 0 Å². The second kappa shape index (κ2) is 4.27. The van der Waals surface area contributed by atoms with Crippen LogP contribution in [0.5, 0.6) is 5.75 Å². The van der Waals surface area contributed by atoms with Crippen LogP contribution in [0.15, 0.2) is 18.2 Å². The van der Waals surface area contributed by atoms with Crippen LogP contribution in [0, 0.1) is 0 Å². The van der Waals surface area contributed by atoms with E-state index in [4.69, 9.17) is 5.73 Å². The zero-order chi connectivity index (χ0) is 10.6. The molecule has 1 rings (SSSR count). The maximum atomic E-state index is 10.7. The number of methoxy groups -OCH3 is 1. The average molecular weight is 195 g/mol. The Morgan fingerprint density at radius 2 is 2.21 bits per heavy atom. The number of carbonyl (C=O) groups excluding carboxylic acids is 2. The van der Waals surface area contributed by atoms with E-state index in [-0.39, 0.29) is 11.3 Å². The van der Waals surface area contributed by atoms with Crippen molar-refractivity contribution in [3.8, 4) is 5.75 Å². The smallest absolute Gasteiger partial charge is 0.437 e. The number of benzene rings is 1. The number of anilines is 1. The van der Waals surface area contributed by atoms with Crippen molar-refractivity contribution >= 4 is 18.1 Å². The second-order valence-electron chi connectivity index (χ2n) is 2.46. The summed E-state index contributed by atoms with van der Waals surface area (Å²) in [7, 11) is 1.19. The van der Waals surface area contributed by atoms with Crippen LogP contribution in [0.3, 0.4) is 0 Å². The molecule has 5 heteroatoms. The van der Waals surface area contributed by atoms with Crippen LogP contribution in [0.2, 0.25) is 0 Å². The predicted octanol–water partition coefficient (Wildman–Crippen LogP) is 1.23. The fraction of sp³-hybridized carbons (Fsp3) is 0.111. The van der Waals surface area contributed by atoms with Gasteiger partial charge in [0.25, 0.3) is 0 Å². The first-order chi connectivity index (χ1) is 6.67. The Kier molecular flexibility index (Phi) is 3.06. The lowest BCUT2D eigenvalue weighted by Crippen LogP contribution is -2.07. The highest BCUT2D eigenvalue weighted by Crippen LogP contribution is 2.18. The molecule has 0 bridgehead atoms. The minimum absolute atomic E-state index is 0.216. The quantitative estimate of drug-likeness (QED) is 0.332. The highest BCUT2D eigenvalue weighted by Gasteiger charge is 2.05. The molecule has 1 aromatic rings. The van der Waals surface area contributed by atoms with E-state index in [0.717, 1.165) is 0 Å². The molecule has 0 aromatic heterocycles. The molecule has 0 aliphatic carbocycles. The third-order valence-corrected chi connectivity index (χ3v) is 1.55. The molecule has 0 amide bonds. The van der Waals surface area contributed by atoms with Gasteiger partial charge in [0.1, 0.15) is 5.75 Å². The van der Waals surface area contributed by atoms with Gasteiger partial charge in [0.15, 0.2) is 6.29 Å². The van der Waals surface area contributed by atoms with E-state index in [9.17, 15) is 9.59 Å². The number of aldehydes is 1. The molecule has 0 atom stereocenters. The second-order valence-corrected chi connectivity index (χ2v) is 2.46. The summed E-state index contributed by atoms with van der Waals surface area (Å²) in [6.45, 7) is 0. The third kappa shape index (κ3) is 2.22. The lowest BCUT2D eigenvalue weighted by atomic mass is 10.2. The number of rotatable bonds is 2. The molecule has 0 spiro atoms. The highest BCUT2D eigenvalue weighted by atomic mass is 16.7. The van der Waals surface area contributed by atoms with Crippen LogP contribution in [0.25, 0.3) is 0 Å². The molecular weight excluding hydrogens is 186 g/mol. The summed E-state index contributed by atoms with van der Waals surface area (Å²) in [5, 5.41) is 0. The summed E-state index contributed by atoms with van der Waals surface area (Å²) in [5.74, 6) is 0.216. The molecule has 0 unspecified atom stereocenters. The highest BCUT2D eigenvalue weighted by molar-refractivity contribution is 5.84. The van der Waals surface area contributed by atoms with E-state index >= 15 is 0 Å². The van der Waals surface area contributed by atoms with Gasteiger partial charge < -0.3 is 15.2 Å². The van der Waals surface area contributed by atoms with E-state index in [2.05, 4.69) is 9.47 Å². The van der Waals surface area contributed by atoms with Gasteiger partial charge in [-0.15, -0.1) is 0 Å². The summed E-state index contributed by atoms with van der Waals surface area (Å²) in [4.78, 5) is 21.2. The fourth-order valence-electron chi connectivity index (χ4n) is 0.856. The molecule has 0 fully saturated rings. The molecule has 0 aliphatic heterocycles. The Morgan fingerprint density at radius 3 is 2.79 bits per heavy atom. The topological polar surface area (TPSA) is 78.6 Å². The van der Waals surface area contributed by atoms with Crippen molar-refractivity contribution in [2.24, 2.45) is 0 Å². The maximum absolute atomic E-state index is 10.7. The predicted molar refractivity (Wildman–Crippen MR) is 49.3 cm³/mol. The number of hydrogen-bond donors (Lipinski definition) is 1. The molecule has 0 aliphatic rings. The minimum atomic E-state index is -0.841. The van der Waals surface area contributed by atoms with Crippen molar-refractivity contribution in [3.05, 3.63) is 23.8 Å². The van der Waals surface area contributed by atoms with Crippen molar-refractivity contribution in [1.29, 1.82) is 0 Å². The molecule has 2 N–H and O–H groups in total. The lowest BCUT2D eigenvalue weighted by Gasteiger charge is -2.04. The van der Waals surface area contributed by atoms with Crippen LogP contribution in [-0.2, 0) is 4.74 Å². The minimum Gasteiger partial charge on any atom is -0.437 e. The van der Waals surface area contributed by atoms with Crippen molar-refractivity contribution in [2.45, 2.75) is 0 Å². The first-order valence-corrected chi connectivity index (χ1v) is 3.78. The van der Waals surface area contributed by atoms with Gasteiger partial charge in [0.2, 0.25) is 0 Å². The van der Waals surface area contributed by atoms with E-state index in [1.807, 2.05) is 0 Å². The van der Waals surface area contributed by atoms with E-state index < -0.39 is 6.16 Å². The van der Waals surface area contributed by atoms with E-state index in [0.29, 0.717) is 12.0 Å². The number of ether oxygens (including phenoxy) is 2. The normalized spacial score (nSPS) is 9.21. The van der Waals surface area contributed by atoms with Gasteiger partial charge in [0, 0.05) is 11.3 Å². The van der Waals surface area contributed by atoms with E-state index in [1.165, 1.54) is 25.3 Å². The molecule has 5 nitrogen and oxygen atoms in total. The first-order valence-electron chi connectivity index (χ1n) is 3.78. The van der Waals surface area contributed by atoms with Gasteiger partial charge in [-0.3, -0.25) is 4.79 Å². The van der Waals surface area contributed by atoms with Gasteiger partial charge in [-0.1, -0.05) is 0 Å². The molecule has 0 radical (unpaired) electrons. The summed E-state index contributed by atoms with van der Waals surface area (Å²) in [6.07, 6.45) is -0.258. The average Bonchev–Trinajstić information content (AvgIpc) is 2.20. The van der Waals surface area contributed by atoms with Crippen LogP contribution in [-0.4, -0.2) is 19.6 Å². The van der Waals surface area contributed by atoms with Crippen molar-refractivity contribution in [2.75, 3.05) is 12.8 Å². The number of nitrogens with two attached hydrogens (primary N) is 1. The summed E-state index contributed by atoms with van der Waals surface area (Å²) in [6, 6.07) is 4.31. The van der Waals surface area contributed by atoms with Gasteiger partial charge >= 0.3 is 6.16 Å². The molecule has 1 aromatic carbocycles. The Morgan fingerprint density at radius 1 is 1.50 bits per heavy atom. The largest absolute Gasteiger partial charge is 0.513 e. The van der Waals surface area contributed by atoms with Gasteiger partial charge in [-0.25, -0.2) is 4.79 Å². The molecular formula is C9H9NO4. The van der Waals surface area contributed by atoms with Crippen LogP contribution in [0.1, 0.15) is 10.4 Å². The van der Waals surface area contributed by atoms with Crippen molar-refractivity contribution < 1.29 is 19.1 Å². The summed E-state index contributed by atoms with van der Waals surface area (Å²) < 4.78 is 8.96. The van der Waals surface area contributed by atoms with Gasteiger partial charge in [0.05, 0.1) is 7.11 Å². The van der Waals surface area contributed by atoms with Gasteiger partial charge in [-0.05, 0) is 18.2 Å². The molecule has 0 saturated carbocycles. The van der Waals surface area contributed by atoms with Crippen molar-refractivity contribution in [1.82, 2.24) is 0 Å².